The molecule has 1 atom stereocenters. The summed E-state index contributed by atoms with van der Waals surface area (Å²) in [5.74, 6) is 5.55. The molecule has 0 aliphatic heterocycles. The Bertz CT molecular complexity index is 475. The van der Waals surface area contributed by atoms with Gasteiger partial charge >= 0.3 is 0 Å². The Balaban J connectivity index is 2.16. The van der Waals surface area contributed by atoms with E-state index in [-0.39, 0.29) is 6.04 Å². The Morgan fingerprint density at radius 2 is 2.24 bits per heavy atom. The number of nitrogens with one attached hydrogen (secondary N) is 1. The number of benzene rings is 1. The molecule has 1 aromatic heterocycles. The summed E-state index contributed by atoms with van der Waals surface area (Å²) in [6.45, 7) is 0. The third kappa shape index (κ3) is 3.23. The molecule has 3 N–H and O–H groups in total. The molecule has 1 heterocycles. The van der Waals surface area contributed by atoms with Crippen LogP contribution in [-0.4, -0.2) is 9.97 Å². The first kappa shape index (κ1) is 12.0. The third-order valence-corrected chi connectivity index (χ3v) is 2.73. The van der Waals surface area contributed by atoms with Crippen LogP contribution < -0.4 is 11.3 Å². The van der Waals surface area contributed by atoms with Gasteiger partial charge in [-0.3, -0.25) is 11.3 Å². The van der Waals surface area contributed by atoms with E-state index in [0.717, 1.165) is 22.7 Å². The van der Waals surface area contributed by atoms with Gasteiger partial charge in [0.2, 0.25) is 0 Å². The van der Waals surface area contributed by atoms with Crippen LogP contribution in [0.2, 0.25) is 5.02 Å². The van der Waals surface area contributed by atoms with Crippen LogP contribution in [0.5, 0.6) is 0 Å². The van der Waals surface area contributed by atoms with Gasteiger partial charge in [0.05, 0.1) is 11.7 Å². The van der Waals surface area contributed by atoms with Crippen molar-refractivity contribution in [2.45, 2.75) is 12.5 Å². The zero-order valence-electron chi connectivity index (χ0n) is 9.18. The number of nitrogens with two attached hydrogens (primary N) is 1. The second-order valence-corrected chi connectivity index (χ2v) is 4.12. The highest BCUT2D eigenvalue weighted by molar-refractivity contribution is 6.30. The molecular formula is C12H13ClN4. The van der Waals surface area contributed by atoms with Gasteiger partial charge in [-0.2, -0.15) is 0 Å². The SMILES string of the molecule is NNC(Cc1cccc(Cl)c1)c1ccncn1. The fraction of sp³-hybridized carbons (Fsp3) is 0.167. The van der Waals surface area contributed by atoms with Crippen molar-refractivity contribution in [2.75, 3.05) is 0 Å². The van der Waals surface area contributed by atoms with E-state index in [1.54, 1.807) is 6.20 Å². The van der Waals surface area contributed by atoms with E-state index >= 15 is 0 Å². The van der Waals surface area contributed by atoms with Crippen molar-refractivity contribution in [2.24, 2.45) is 5.84 Å². The van der Waals surface area contributed by atoms with Crippen LogP contribution in [0.25, 0.3) is 0 Å². The number of aromatic nitrogens is 2. The van der Waals surface area contributed by atoms with Gasteiger partial charge in [0, 0.05) is 11.2 Å². The van der Waals surface area contributed by atoms with E-state index in [1.165, 1.54) is 6.33 Å². The number of rotatable bonds is 4. The summed E-state index contributed by atoms with van der Waals surface area (Å²) >= 11 is 5.94. The predicted octanol–water partition coefficient (Wildman–Crippen LogP) is 1.88. The molecule has 0 bridgehead atoms. The standard InChI is InChI=1S/C12H13ClN4/c13-10-3-1-2-9(6-10)7-12(17-14)11-4-5-15-8-16-11/h1-6,8,12,17H,7,14H2. The van der Waals surface area contributed by atoms with E-state index in [0.29, 0.717) is 0 Å². The molecule has 5 heteroatoms. The largest absolute Gasteiger partial charge is 0.271 e. The van der Waals surface area contributed by atoms with E-state index in [9.17, 15) is 0 Å². The van der Waals surface area contributed by atoms with Gasteiger partial charge in [-0.05, 0) is 30.2 Å². The summed E-state index contributed by atoms with van der Waals surface area (Å²) in [7, 11) is 0. The molecule has 88 valence electrons. The summed E-state index contributed by atoms with van der Waals surface area (Å²) in [6.07, 6.45) is 3.94. The average molecular weight is 249 g/mol. The molecule has 0 amide bonds. The maximum Gasteiger partial charge on any atom is 0.115 e. The van der Waals surface area contributed by atoms with Gasteiger partial charge in [0.1, 0.15) is 6.33 Å². The van der Waals surface area contributed by atoms with Crippen LogP contribution in [0.3, 0.4) is 0 Å². The lowest BCUT2D eigenvalue weighted by atomic mass is 10.0. The van der Waals surface area contributed by atoms with Crippen LogP contribution in [0, 0.1) is 0 Å². The van der Waals surface area contributed by atoms with Gasteiger partial charge in [0.25, 0.3) is 0 Å². The maximum absolute atomic E-state index is 5.94. The van der Waals surface area contributed by atoms with Crippen molar-refractivity contribution in [1.82, 2.24) is 15.4 Å². The molecule has 2 aromatic rings. The fourth-order valence-electron chi connectivity index (χ4n) is 1.66. The first-order valence-electron chi connectivity index (χ1n) is 5.26. The van der Waals surface area contributed by atoms with Crippen molar-refractivity contribution >= 4 is 11.6 Å². The second-order valence-electron chi connectivity index (χ2n) is 3.69. The van der Waals surface area contributed by atoms with Crippen molar-refractivity contribution in [3.05, 3.63) is 59.1 Å². The molecule has 0 saturated heterocycles. The lowest BCUT2D eigenvalue weighted by Gasteiger charge is -2.15. The van der Waals surface area contributed by atoms with Crippen LogP contribution in [0.4, 0.5) is 0 Å². The van der Waals surface area contributed by atoms with Crippen molar-refractivity contribution < 1.29 is 0 Å². The topological polar surface area (TPSA) is 63.8 Å². The van der Waals surface area contributed by atoms with Crippen molar-refractivity contribution in [1.29, 1.82) is 0 Å². The predicted molar refractivity (Wildman–Crippen MR) is 67.3 cm³/mol. The minimum atomic E-state index is -0.0449. The Morgan fingerprint density at radius 3 is 2.88 bits per heavy atom. The van der Waals surface area contributed by atoms with Crippen LogP contribution in [0.15, 0.2) is 42.9 Å². The molecule has 17 heavy (non-hydrogen) atoms. The molecule has 0 spiro atoms. The highest BCUT2D eigenvalue weighted by Crippen LogP contribution is 2.18. The fourth-order valence-corrected chi connectivity index (χ4v) is 1.87. The zero-order valence-corrected chi connectivity index (χ0v) is 9.93. The lowest BCUT2D eigenvalue weighted by molar-refractivity contribution is 0.537. The minimum Gasteiger partial charge on any atom is -0.271 e. The molecule has 0 aliphatic carbocycles. The summed E-state index contributed by atoms with van der Waals surface area (Å²) in [6, 6.07) is 9.50. The van der Waals surface area contributed by atoms with E-state index < -0.39 is 0 Å². The maximum atomic E-state index is 5.94. The minimum absolute atomic E-state index is 0.0449. The molecule has 2 rings (SSSR count). The van der Waals surface area contributed by atoms with E-state index in [1.807, 2.05) is 30.3 Å². The molecule has 4 nitrogen and oxygen atoms in total. The summed E-state index contributed by atoms with van der Waals surface area (Å²) < 4.78 is 0. The Kier molecular flexibility index (Phi) is 4.03. The third-order valence-electron chi connectivity index (χ3n) is 2.49. The number of nitrogens with zero attached hydrogens (tertiary/aromatic N) is 2. The number of hydrazine groups is 1. The lowest BCUT2D eigenvalue weighted by Crippen LogP contribution is -2.30. The van der Waals surface area contributed by atoms with E-state index in [2.05, 4.69) is 15.4 Å². The average Bonchev–Trinajstić information content (AvgIpc) is 2.37. The Morgan fingerprint density at radius 1 is 1.35 bits per heavy atom. The Labute approximate surface area is 105 Å². The number of hydrogen-bond acceptors (Lipinski definition) is 4. The molecule has 0 fully saturated rings. The molecular weight excluding hydrogens is 236 g/mol. The van der Waals surface area contributed by atoms with Gasteiger partial charge in [-0.15, -0.1) is 0 Å². The normalized spacial score (nSPS) is 12.4. The monoisotopic (exact) mass is 248 g/mol. The number of halogens is 1. The first-order valence-corrected chi connectivity index (χ1v) is 5.64. The summed E-state index contributed by atoms with van der Waals surface area (Å²) in [5.41, 5.74) is 4.73. The van der Waals surface area contributed by atoms with Crippen LogP contribution in [-0.2, 0) is 6.42 Å². The second kappa shape index (κ2) is 5.72. The summed E-state index contributed by atoms with van der Waals surface area (Å²) in [4.78, 5) is 8.06. The molecule has 1 unspecified atom stereocenters. The van der Waals surface area contributed by atoms with Gasteiger partial charge in [0.15, 0.2) is 0 Å². The molecule has 0 saturated carbocycles. The van der Waals surface area contributed by atoms with Crippen molar-refractivity contribution in [3.63, 3.8) is 0 Å². The van der Waals surface area contributed by atoms with E-state index in [4.69, 9.17) is 17.4 Å². The van der Waals surface area contributed by atoms with Gasteiger partial charge < -0.3 is 0 Å². The van der Waals surface area contributed by atoms with Crippen molar-refractivity contribution in [3.8, 4) is 0 Å². The van der Waals surface area contributed by atoms with Crippen LogP contribution in [0.1, 0.15) is 17.3 Å². The van der Waals surface area contributed by atoms with Gasteiger partial charge in [-0.25, -0.2) is 9.97 Å². The molecule has 0 radical (unpaired) electrons. The van der Waals surface area contributed by atoms with Crippen LogP contribution >= 0.6 is 11.6 Å². The smallest absolute Gasteiger partial charge is 0.115 e. The Hall–Kier alpha value is -1.49. The molecule has 0 aliphatic rings. The highest BCUT2D eigenvalue weighted by Gasteiger charge is 2.11. The zero-order chi connectivity index (χ0) is 12.1. The summed E-state index contributed by atoms with van der Waals surface area (Å²) in [5, 5.41) is 0.723. The molecule has 1 aromatic carbocycles. The number of hydrogen-bond donors (Lipinski definition) is 2. The first-order chi connectivity index (χ1) is 8.29. The highest BCUT2D eigenvalue weighted by atomic mass is 35.5. The quantitative estimate of drug-likeness (QED) is 0.641. The van der Waals surface area contributed by atoms with Gasteiger partial charge in [-0.1, -0.05) is 23.7 Å².